The Hall–Kier alpha value is -2.07. The zero-order valence-electron chi connectivity index (χ0n) is 13.9. The monoisotopic (exact) mass is 332 g/mol. The zero-order chi connectivity index (χ0) is 17.1. The van der Waals surface area contributed by atoms with Gasteiger partial charge >= 0.3 is 0 Å². The second-order valence-electron chi connectivity index (χ2n) is 5.79. The molecule has 1 aromatic carbocycles. The predicted molar refractivity (Wildman–Crippen MR) is 92.5 cm³/mol. The second-order valence-corrected chi connectivity index (χ2v) is 6.20. The number of halogens is 1. The molecule has 0 spiro atoms. The molecular weight excluding hydrogens is 312 g/mol. The Morgan fingerprint density at radius 3 is 2.65 bits per heavy atom. The van der Waals surface area contributed by atoms with Crippen molar-refractivity contribution in [3.05, 3.63) is 57.9 Å². The fourth-order valence-electron chi connectivity index (χ4n) is 2.39. The number of allylic oxidation sites excluding steroid dienone is 1. The molecule has 0 radical (unpaired) electrons. The van der Waals surface area contributed by atoms with Crippen LogP contribution in [0.25, 0.3) is 0 Å². The van der Waals surface area contributed by atoms with E-state index < -0.39 is 0 Å². The first-order chi connectivity index (χ1) is 10.8. The average Bonchev–Trinajstić information content (AvgIpc) is 2.76. The van der Waals surface area contributed by atoms with Crippen molar-refractivity contribution in [3.63, 3.8) is 0 Å². The van der Waals surface area contributed by atoms with Crippen LogP contribution in [-0.2, 0) is 6.42 Å². The van der Waals surface area contributed by atoms with Crippen LogP contribution in [0.2, 0.25) is 5.02 Å². The quantitative estimate of drug-likeness (QED) is 0.767. The molecule has 23 heavy (non-hydrogen) atoms. The smallest absolute Gasteiger partial charge is 0.284 e. The van der Waals surface area contributed by atoms with E-state index in [2.05, 4.69) is 11.7 Å². The van der Waals surface area contributed by atoms with Gasteiger partial charge in [-0.15, -0.1) is 0 Å². The van der Waals surface area contributed by atoms with E-state index in [4.69, 9.17) is 16.3 Å². The third-order valence-electron chi connectivity index (χ3n) is 3.65. The van der Waals surface area contributed by atoms with Crippen molar-refractivity contribution in [2.24, 2.45) is 0 Å². The zero-order valence-corrected chi connectivity index (χ0v) is 14.7. The van der Waals surface area contributed by atoms with E-state index in [1.165, 1.54) is 4.68 Å². The minimum absolute atomic E-state index is 0.0739. The van der Waals surface area contributed by atoms with Gasteiger partial charge in [-0.3, -0.25) is 4.79 Å². The van der Waals surface area contributed by atoms with Crippen molar-refractivity contribution in [1.82, 2.24) is 9.78 Å². The lowest BCUT2D eigenvalue weighted by molar-refractivity contribution is 0.0818. The molecule has 1 aromatic heterocycles. The van der Waals surface area contributed by atoms with Crippen LogP contribution >= 0.6 is 11.6 Å². The van der Waals surface area contributed by atoms with Crippen LogP contribution in [0.15, 0.2) is 30.4 Å². The third kappa shape index (κ3) is 4.02. The molecular formula is C18H21ClN2O2. The largest absolute Gasteiger partial charge is 0.484 e. The summed E-state index contributed by atoms with van der Waals surface area (Å²) in [5.74, 6) is 0.412. The SMILES string of the molecule is C=C(C)Cc1c(C)nn(C(=O)COc2ccc(Cl)c(C)c2)c1C. The summed E-state index contributed by atoms with van der Waals surface area (Å²) in [4.78, 5) is 12.4. The Morgan fingerprint density at radius 2 is 2.04 bits per heavy atom. The van der Waals surface area contributed by atoms with E-state index in [1.54, 1.807) is 12.1 Å². The van der Waals surface area contributed by atoms with E-state index in [1.807, 2.05) is 33.8 Å². The number of benzene rings is 1. The maximum Gasteiger partial charge on any atom is 0.284 e. The minimum Gasteiger partial charge on any atom is -0.484 e. The molecule has 0 aliphatic carbocycles. The van der Waals surface area contributed by atoms with Crippen molar-refractivity contribution in [1.29, 1.82) is 0 Å². The van der Waals surface area contributed by atoms with Crippen molar-refractivity contribution in [2.75, 3.05) is 6.61 Å². The number of hydrogen-bond acceptors (Lipinski definition) is 3. The van der Waals surface area contributed by atoms with Gasteiger partial charge in [0, 0.05) is 16.3 Å². The summed E-state index contributed by atoms with van der Waals surface area (Å²) in [6.45, 7) is 11.5. The summed E-state index contributed by atoms with van der Waals surface area (Å²) >= 11 is 5.98. The Morgan fingerprint density at radius 1 is 1.35 bits per heavy atom. The molecule has 0 unspecified atom stereocenters. The molecule has 0 bridgehead atoms. The number of hydrogen-bond donors (Lipinski definition) is 0. The first-order valence-electron chi connectivity index (χ1n) is 7.41. The van der Waals surface area contributed by atoms with Crippen LogP contribution in [0.1, 0.15) is 34.2 Å². The Bertz CT molecular complexity index is 763. The van der Waals surface area contributed by atoms with Crippen LogP contribution in [0.3, 0.4) is 0 Å². The third-order valence-corrected chi connectivity index (χ3v) is 4.07. The lowest BCUT2D eigenvalue weighted by Crippen LogP contribution is -2.21. The summed E-state index contributed by atoms with van der Waals surface area (Å²) in [5, 5.41) is 5.00. The van der Waals surface area contributed by atoms with Crippen LogP contribution in [0, 0.1) is 20.8 Å². The normalized spacial score (nSPS) is 10.7. The highest BCUT2D eigenvalue weighted by Gasteiger charge is 2.17. The molecule has 5 heteroatoms. The first kappa shape index (κ1) is 17.3. The topological polar surface area (TPSA) is 44.1 Å². The number of carbonyl (C=O) groups excluding carboxylic acids is 1. The molecule has 4 nitrogen and oxygen atoms in total. The maximum atomic E-state index is 12.4. The molecule has 0 saturated carbocycles. The van der Waals surface area contributed by atoms with E-state index >= 15 is 0 Å². The van der Waals surface area contributed by atoms with Gasteiger partial charge in [-0.1, -0.05) is 23.8 Å². The van der Waals surface area contributed by atoms with Gasteiger partial charge in [0.05, 0.1) is 5.69 Å². The summed E-state index contributed by atoms with van der Waals surface area (Å²) in [5.41, 5.74) is 4.68. The van der Waals surface area contributed by atoms with E-state index in [-0.39, 0.29) is 12.5 Å². The van der Waals surface area contributed by atoms with Crippen molar-refractivity contribution >= 4 is 17.5 Å². The van der Waals surface area contributed by atoms with E-state index in [0.717, 1.165) is 34.5 Å². The highest BCUT2D eigenvalue weighted by atomic mass is 35.5. The molecule has 0 aliphatic heterocycles. The number of carbonyl (C=O) groups is 1. The van der Waals surface area contributed by atoms with Gasteiger partial charge in [0.15, 0.2) is 6.61 Å². The first-order valence-corrected chi connectivity index (χ1v) is 7.79. The minimum atomic E-state index is -0.203. The predicted octanol–water partition coefficient (Wildman–Crippen LogP) is 4.30. The number of rotatable bonds is 5. The summed E-state index contributed by atoms with van der Waals surface area (Å²) < 4.78 is 6.97. The summed E-state index contributed by atoms with van der Waals surface area (Å²) in [6, 6.07) is 5.31. The fourth-order valence-corrected chi connectivity index (χ4v) is 2.51. The molecule has 0 fully saturated rings. The van der Waals surface area contributed by atoms with Gasteiger partial charge in [-0.05, 0) is 57.9 Å². The Kier molecular flexibility index (Phi) is 5.26. The summed E-state index contributed by atoms with van der Waals surface area (Å²) in [7, 11) is 0. The van der Waals surface area contributed by atoms with Gasteiger partial charge in [0.25, 0.3) is 5.91 Å². The molecule has 0 amide bonds. The van der Waals surface area contributed by atoms with Crippen LogP contribution in [-0.4, -0.2) is 22.3 Å². The van der Waals surface area contributed by atoms with Crippen molar-refractivity contribution in [2.45, 2.75) is 34.1 Å². The van der Waals surface area contributed by atoms with E-state index in [9.17, 15) is 4.79 Å². The van der Waals surface area contributed by atoms with Crippen molar-refractivity contribution < 1.29 is 9.53 Å². The average molecular weight is 333 g/mol. The molecule has 0 atom stereocenters. The highest BCUT2D eigenvalue weighted by molar-refractivity contribution is 6.31. The van der Waals surface area contributed by atoms with Gasteiger partial charge in [0.2, 0.25) is 0 Å². The van der Waals surface area contributed by atoms with Crippen molar-refractivity contribution in [3.8, 4) is 5.75 Å². The maximum absolute atomic E-state index is 12.4. The Balaban J connectivity index is 2.11. The number of aromatic nitrogens is 2. The van der Waals surface area contributed by atoms with Gasteiger partial charge in [-0.2, -0.15) is 5.10 Å². The second kappa shape index (κ2) is 7.01. The highest BCUT2D eigenvalue weighted by Crippen LogP contribution is 2.21. The molecule has 2 aromatic rings. The number of ether oxygens (including phenoxy) is 1. The van der Waals surface area contributed by atoms with Gasteiger partial charge < -0.3 is 4.74 Å². The van der Waals surface area contributed by atoms with Gasteiger partial charge in [-0.25, -0.2) is 4.68 Å². The molecule has 122 valence electrons. The molecule has 1 heterocycles. The van der Waals surface area contributed by atoms with E-state index in [0.29, 0.717) is 10.8 Å². The van der Waals surface area contributed by atoms with Crippen LogP contribution in [0.5, 0.6) is 5.75 Å². The summed E-state index contributed by atoms with van der Waals surface area (Å²) in [6.07, 6.45) is 0.724. The Labute approximate surface area is 141 Å². The number of aryl methyl sites for hydroxylation is 2. The van der Waals surface area contributed by atoms with Gasteiger partial charge in [0.1, 0.15) is 5.75 Å². The molecule has 0 aliphatic rings. The number of nitrogens with zero attached hydrogens (tertiary/aromatic N) is 2. The lowest BCUT2D eigenvalue weighted by atomic mass is 10.1. The molecule has 0 saturated heterocycles. The fraction of sp³-hybridized carbons (Fsp3) is 0.333. The van der Waals surface area contributed by atoms with Crippen LogP contribution < -0.4 is 4.74 Å². The van der Waals surface area contributed by atoms with Crippen LogP contribution in [0.4, 0.5) is 0 Å². The lowest BCUT2D eigenvalue weighted by Gasteiger charge is -2.08. The molecule has 0 N–H and O–H groups in total. The standard InChI is InChI=1S/C18H21ClN2O2/c1-11(2)8-16-13(4)20-21(14(16)5)18(22)10-23-15-6-7-17(19)12(3)9-15/h6-7,9H,1,8,10H2,2-5H3. The molecule has 2 rings (SSSR count).